The fourth-order valence-electron chi connectivity index (χ4n) is 1.92. The number of carbonyl (C=O) groups is 1. The van der Waals surface area contributed by atoms with E-state index >= 15 is 0 Å². The molecule has 0 radical (unpaired) electrons. The van der Waals surface area contributed by atoms with Crippen molar-refractivity contribution in [1.82, 2.24) is 9.88 Å². The van der Waals surface area contributed by atoms with Gasteiger partial charge < -0.3 is 15.0 Å². The van der Waals surface area contributed by atoms with Gasteiger partial charge in [-0.1, -0.05) is 20.8 Å². The van der Waals surface area contributed by atoms with E-state index in [4.69, 9.17) is 4.74 Å². The second kappa shape index (κ2) is 6.89. The highest BCUT2D eigenvalue weighted by molar-refractivity contribution is 5.95. The molecule has 5 nitrogen and oxygen atoms in total. The second-order valence-corrected chi connectivity index (χ2v) is 6.35. The van der Waals surface area contributed by atoms with Crippen molar-refractivity contribution in [1.29, 1.82) is 0 Å². The summed E-state index contributed by atoms with van der Waals surface area (Å²) in [6.07, 6.45) is 0. The number of nitrogens with zero attached hydrogens (tertiary/aromatic N) is 2. The van der Waals surface area contributed by atoms with Gasteiger partial charge in [0.1, 0.15) is 5.82 Å². The van der Waals surface area contributed by atoms with E-state index in [1.807, 2.05) is 13.0 Å². The van der Waals surface area contributed by atoms with Crippen LogP contribution in [0.5, 0.6) is 0 Å². The highest BCUT2D eigenvalue weighted by Gasteiger charge is 2.22. The molecule has 1 atom stereocenters. The molecule has 1 aromatic rings. The maximum Gasteiger partial charge on any atom is 0.254 e. The van der Waals surface area contributed by atoms with Crippen molar-refractivity contribution >= 4 is 11.7 Å². The van der Waals surface area contributed by atoms with Gasteiger partial charge in [-0.15, -0.1) is 0 Å². The molecule has 0 saturated carbocycles. The topological polar surface area (TPSA) is 54.5 Å². The SMILES string of the molecule is CNc1cc(C(=O)N(C)C(C)COC)cc(C(C)(C)C)n1. The van der Waals surface area contributed by atoms with Gasteiger partial charge in [-0.25, -0.2) is 4.98 Å². The van der Waals surface area contributed by atoms with Crippen molar-refractivity contribution in [2.45, 2.75) is 39.2 Å². The molecule has 0 aromatic carbocycles. The van der Waals surface area contributed by atoms with Gasteiger partial charge in [-0.2, -0.15) is 0 Å². The Labute approximate surface area is 127 Å². The summed E-state index contributed by atoms with van der Waals surface area (Å²) in [5.74, 6) is 0.683. The lowest BCUT2D eigenvalue weighted by Gasteiger charge is -2.26. The Balaban J connectivity index is 3.14. The van der Waals surface area contributed by atoms with Crippen LogP contribution in [-0.2, 0) is 10.2 Å². The summed E-state index contributed by atoms with van der Waals surface area (Å²) in [5, 5.41) is 3.02. The van der Waals surface area contributed by atoms with Crippen molar-refractivity contribution in [2.75, 3.05) is 33.1 Å². The molecule has 1 aromatic heterocycles. The van der Waals surface area contributed by atoms with Crippen molar-refractivity contribution in [3.05, 3.63) is 23.4 Å². The molecule has 5 heteroatoms. The molecular weight excluding hydrogens is 266 g/mol. The maximum absolute atomic E-state index is 12.6. The van der Waals surface area contributed by atoms with E-state index in [1.54, 1.807) is 32.2 Å². The van der Waals surface area contributed by atoms with Crippen LogP contribution < -0.4 is 5.32 Å². The van der Waals surface area contributed by atoms with E-state index in [2.05, 4.69) is 31.1 Å². The number of anilines is 1. The first-order valence-corrected chi connectivity index (χ1v) is 7.17. The summed E-state index contributed by atoms with van der Waals surface area (Å²) in [4.78, 5) is 18.9. The number of carbonyl (C=O) groups excluding carboxylic acids is 1. The molecule has 0 aliphatic carbocycles. The smallest absolute Gasteiger partial charge is 0.254 e. The first-order valence-electron chi connectivity index (χ1n) is 7.17. The Hall–Kier alpha value is -1.62. The van der Waals surface area contributed by atoms with Gasteiger partial charge in [0.05, 0.1) is 12.6 Å². The van der Waals surface area contributed by atoms with Gasteiger partial charge in [-0.3, -0.25) is 4.79 Å². The molecule has 0 fully saturated rings. The van der Waals surface area contributed by atoms with Gasteiger partial charge in [0.2, 0.25) is 0 Å². The summed E-state index contributed by atoms with van der Waals surface area (Å²) < 4.78 is 5.12. The minimum atomic E-state index is -0.112. The van der Waals surface area contributed by atoms with E-state index in [0.29, 0.717) is 18.0 Å². The zero-order valence-corrected chi connectivity index (χ0v) is 14.2. The number of likely N-dealkylation sites (N-methyl/N-ethyl adjacent to an activating group) is 1. The molecule has 1 N–H and O–H groups in total. The van der Waals surface area contributed by atoms with Crippen molar-refractivity contribution in [2.24, 2.45) is 0 Å². The molecule has 1 unspecified atom stereocenters. The van der Waals surface area contributed by atoms with E-state index in [-0.39, 0.29) is 17.4 Å². The van der Waals surface area contributed by atoms with E-state index < -0.39 is 0 Å². The molecule has 0 aliphatic rings. The Morgan fingerprint density at radius 3 is 2.52 bits per heavy atom. The van der Waals surface area contributed by atoms with Crippen LogP contribution >= 0.6 is 0 Å². The number of aromatic nitrogens is 1. The van der Waals surface area contributed by atoms with Crippen LogP contribution in [0, 0.1) is 0 Å². The zero-order chi connectivity index (χ0) is 16.2. The van der Waals surface area contributed by atoms with Crippen LogP contribution in [0.25, 0.3) is 0 Å². The normalized spacial score (nSPS) is 12.9. The van der Waals surface area contributed by atoms with Gasteiger partial charge in [0.25, 0.3) is 5.91 Å². The minimum absolute atomic E-state index is 0.0202. The lowest BCUT2D eigenvalue weighted by Crippen LogP contribution is -2.38. The molecule has 1 amide bonds. The first kappa shape index (κ1) is 17.4. The largest absolute Gasteiger partial charge is 0.383 e. The summed E-state index contributed by atoms with van der Waals surface area (Å²) in [5.41, 5.74) is 1.42. The minimum Gasteiger partial charge on any atom is -0.383 e. The van der Waals surface area contributed by atoms with Crippen LogP contribution in [0.3, 0.4) is 0 Å². The fraction of sp³-hybridized carbons (Fsp3) is 0.625. The number of ether oxygens (including phenoxy) is 1. The highest BCUT2D eigenvalue weighted by atomic mass is 16.5. The molecule has 118 valence electrons. The predicted octanol–water partition coefficient (Wildman–Crippen LogP) is 2.53. The third-order valence-corrected chi connectivity index (χ3v) is 3.49. The number of amides is 1. The number of nitrogens with one attached hydrogen (secondary N) is 1. The number of hydrogen-bond acceptors (Lipinski definition) is 4. The molecule has 0 aliphatic heterocycles. The molecule has 1 rings (SSSR count). The number of hydrogen-bond donors (Lipinski definition) is 1. The lowest BCUT2D eigenvalue weighted by atomic mass is 9.90. The molecule has 0 spiro atoms. The third-order valence-electron chi connectivity index (χ3n) is 3.49. The summed E-state index contributed by atoms with van der Waals surface area (Å²) in [6, 6.07) is 3.68. The van der Waals surface area contributed by atoms with E-state index in [0.717, 1.165) is 5.69 Å². The first-order chi connectivity index (χ1) is 9.70. The number of rotatable bonds is 5. The van der Waals surface area contributed by atoms with Crippen molar-refractivity contribution < 1.29 is 9.53 Å². The van der Waals surface area contributed by atoms with Crippen LogP contribution in [0.4, 0.5) is 5.82 Å². The summed E-state index contributed by atoms with van der Waals surface area (Å²) in [6.45, 7) is 8.73. The third kappa shape index (κ3) is 4.43. The van der Waals surface area contributed by atoms with Gasteiger partial charge in [0.15, 0.2) is 0 Å². The van der Waals surface area contributed by atoms with Gasteiger partial charge in [0, 0.05) is 37.9 Å². The molecular formula is C16H27N3O2. The van der Waals surface area contributed by atoms with Crippen molar-refractivity contribution in [3.8, 4) is 0 Å². The monoisotopic (exact) mass is 293 g/mol. The Kier molecular flexibility index (Phi) is 5.72. The van der Waals surface area contributed by atoms with E-state index in [9.17, 15) is 4.79 Å². The van der Waals surface area contributed by atoms with Crippen LogP contribution in [-0.4, -0.2) is 49.6 Å². The second-order valence-electron chi connectivity index (χ2n) is 6.35. The molecule has 0 bridgehead atoms. The number of methoxy groups -OCH3 is 1. The van der Waals surface area contributed by atoms with Crippen molar-refractivity contribution in [3.63, 3.8) is 0 Å². The van der Waals surface area contributed by atoms with Gasteiger partial charge >= 0.3 is 0 Å². The van der Waals surface area contributed by atoms with Crippen LogP contribution in [0.1, 0.15) is 43.7 Å². The van der Waals surface area contributed by atoms with Crippen LogP contribution in [0.2, 0.25) is 0 Å². The quantitative estimate of drug-likeness (QED) is 0.906. The lowest BCUT2D eigenvalue weighted by molar-refractivity contribution is 0.0633. The van der Waals surface area contributed by atoms with Crippen LogP contribution in [0.15, 0.2) is 12.1 Å². The van der Waals surface area contributed by atoms with Gasteiger partial charge in [-0.05, 0) is 19.1 Å². The number of pyridine rings is 1. The fourth-order valence-corrected chi connectivity index (χ4v) is 1.92. The molecule has 21 heavy (non-hydrogen) atoms. The zero-order valence-electron chi connectivity index (χ0n) is 14.2. The Morgan fingerprint density at radius 1 is 1.43 bits per heavy atom. The standard InChI is InChI=1S/C16H27N3O2/c1-11(10-21-7)19(6)15(20)12-8-13(16(2,3)4)18-14(9-12)17-5/h8-9,11H,10H2,1-7H3,(H,17,18). The maximum atomic E-state index is 12.6. The summed E-state index contributed by atoms with van der Waals surface area (Å²) in [7, 11) is 5.24. The Morgan fingerprint density at radius 2 is 2.05 bits per heavy atom. The highest BCUT2D eigenvalue weighted by Crippen LogP contribution is 2.24. The average Bonchev–Trinajstić information content (AvgIpc) is 2.44. The predicted molar refractivity (Wildman–Crippen MR) is 85.9 cm³/mol. The summed E-state index contributed by atoms with van der Waals surface area (Å²) >= 11 is 0. The molecule has 0 saturated heterocycles. The molecule has 1 heterocycles. The average molecular weight is 293 g/mol. The Bertz CT molecular complexity index is 495. The van der Waals surface area contributed by atoms with E-state index in [1.165, 1.54) is 0 Å².